The van der Waals surface area contributed by atoms with Crippen molar-refractivity contribution in [2.75, 3.05) is 0 Å². The summed E-state index contributed by atoms with van der Waals surface area (Å²) < 4.78 is 28.5. The van der Waals surface area contributed by atoms with Gasteiger partial charge in [0.15, 0.2) is 22.4 Å². The van der Waals surface area contributed by atoms with Gasteiger partial charge in [0.1, 0.15) is 24.4 Å². The van der Waals surface area contributed by atoms with E-state index in [4.69, 9.17) is 18.3 Å². The molecule has 0 aromatic heterocycles. The van der Waals surface area contributed by atoms with Gasteiger partial charge in [0.25, 0.3) is 0 Å². The van der Waals surface area contributed by atoms with E-state index < -0.39 is 22.4 Å². The van der Waals surface area contributed by atoms with Crippen LogP contribution in [0, 0.1) is 0 Å². The van der Waals surface area contributed by atoms with Crippen LogP contribution in [0.4, 0.5) is 0 Å². The van der Waals surface area contributed by atoms with Crippen molar-refractivity contribution in [2.45, 2.75) is 140 Å². The van der Waals surface area contributed by atoms with Gasteiger partial charge in [0.05, 0.1) is 0 Å². The van der Waals surface area contributed by atoms with E-state index in [0.717, 1.165) is 17.3 Å². The molecule has 2 fully saturated rings. The molecule has 180 valence electrons. The number of fused-ring (bicyclic) bond motifs is 1. The fourth-order valence-electron chi connectivity index (χ4n) is 4.21. The first kappa shape index (κ1) is 26.1. The van der Waals surface area contributed by atoms with Crippen LogP contribution in [0.2, 0.25) is 36.3 Å². The Balaban J connectivity index is 1.97. The molecule has 3 rings (SSSR count). The van der Waals surface area contributed by atoms with Crippen LogP contribution in [0.15, 0.2) is 10.6 Å². The van der Waals surface area contributed by atoms with Gasteiger partial charge in [-0.2, -0.15) is 0 Å². The monoisotopic (exact) mass is 532 g/mol. The second-order valence-electron chi connectivity index (χ2n) is 12.8. The Bertz CT molecular complexity index is 687. The number of ether oxygens (including phenoxy) is 2. The fraction of sp³-hybridized carbons (Fsp3) is 0.917. The summed E-state index contributed by atoms with van der Waals surface area (Å²) in [7, 11) is -4.08. The van der Waals surface area contributed by atoms with Crippen LogP contribution in [-0.2, 0) is 18.3 Å². The molecule has 4 atom stereocenters. The maximum Gasteiger partial charge on any atom is 0.193 e. The van der Waals surface area contributed by atoms with Crippen LogP contribution >= 0.6 is 15.9 Å². The average molecular weight is 534 g/mol. The molecule has 1 saturated carbocycles. The topological polar surface area (TPSA) is 36.9 Å². The molecule has 7 heteroatoms. The van der Waals surface area contributed by atoms with E-state index in [0.29, 0.717) is 0 Å². The van der Waals surface area contributed by atoms with Gasteiger partial charge in [-0.25, -0.2) is 0 Å². The Morgan fingerprint density at radius 2 is 1.39 bits per heavy atom. The predicted molar refractivity (Wildman–Crippen MR) is 137 cm³/mol. The Kier molecular flexibility index (Phi) is 7.25. The molecule has 1 saturated heterocycles. The SMILES string of the molecule is CC(C)(C)[Si](C)(C)O[C@H]1[C@@H]2OC3(CCCCC3)O[C@@H]2C=C(Br)[C@H]1O[Si](C)(C)C(C)(C)C. The lowest BCUT2D eigenvalue weighted by atomic mass is 9.94. The van der Waals surface area contributed by atoms with Crippen molar-refractivity contribution < 1.29 is 18.3 Å². The smallest absolute Gasteiger partial charge is 0.193 e. The van der Waals surface area contributed by atoms with Crippen LogP contribution in [0.5, 0.6) is 0 Å². The summed E-state index contributed by atoms with van der Waals surface area (Å²) in [5, 5.41) is 0.232. The summed E-state index contributed by atoms with van der Waals surface area (Å²) in [5.74, 6) is -0.446. The highest BCUT2D eigenvalue weighted by Gasteiger charge is 2.57. The molecule has 1 spiro atoms. The van der Waals surface area contributed by atoms with E-state index >= 15 is 0 Å². The first-order chi connectivity index (χ1) is 14.0. The molecule has 0 radical (unpaired) electrons. The lowest BCUT2D eigenvalue weighted by molar-refractivity contribution is -0.199. The van der Waals surface area contributed by atoms with E-state index in [1.54, 1.807) is 0 Å². The number of hydrogen-bond donors (Lipinski definition) is 0. The van der Waals surface area contributed by atoms with Gasteiger partial charge in [-0.05, 0) is 55.2 Å². The zero-order valence-corrected chi connectivity index (χ0v) is 25.0. The normalized spacial score (nSPS) is 32.2. The van der Waals surface area contributed by atoms with Crippen LogP contribution in [0.25, 0.3) is 0 Å². The molecule has 1 heterocycles. The molecular formula is C24H45BrO4Si2. The quantitative estimate of drug-likeness (QED) is 0.351. The fourth-order valence-corrected chi connectivity index (χ4v) is 7.54. The van der Waals surface area contributed by atoms with Gasteiger partial charge in [-0.15, -0.1) is 0 Å². The molecule has 0 bridgehead atoms. The summed E-state index contributed by atoms with van der Waals surface area (Å²) >= 11 is 3.88. The molecule has 0 aromatic rings. The lowest BCUT2D eigenvalue weighted by Gasteiger charge is -2.48. The van der Waals surface area contributed by atoms with E-state index in [2.05, 4.69) is 89.7 Å². The van der Waals surface area contributed by atoms with Crippen molar-refractivity contribution in [3.8, 4) is 0 Å². The highest BCUT2D eigenvalue weighted by atomic mass is 79.9. The molecule has 1 aliphatic heterocycles. The first-order valence-electron chi connectivity index (χ1n) is 12.1. The molecule has 0 N–H and O–H groups in total. The summed E-state index contributed by atoms with van der Waals surface area (Å²) in [6, 6.07) is 0. The van der Waals surface area contributed by atoms with Crippen molar-refractivity contribution >= 4 is 32.6 Å². The van der Waals surface area contributed by atoms with E-state index in [1.807, 2.05) is 0 Å². The average Bonchev–Trinajstić information content (AvgIpc) is 2.93. The third-order valence-corrected chi connectivity index (χ3v) is 18.0. The molecular weight excluding hydrogens is 488 g/mol. The molecule has 0 unspecified atom stereocenters. The van der Waals surface area contributed by atoms with E-state index in [1.165, 1.54) is 19.3 Å². The highest BCUT2D eigenvalue weighted by molar-refractivity contribution is 9.11. The van der Waals surface area contributed by atoms with Crippen molar-refractivity contribution in [3.05, 3.63) is 10.6 Å². The van der Waals surface area contributed by atoms with Crippen LogP contribution in [0.3, 0.4) is 0 Å². The second-order valence-corrected chi connectivity index (χ2v) is 23.3. The maximum absolute atomic E-state index is 7.09. The second kappa shape index (κ2) is 8.61. The van der Waals surface area contributed by atoms with Crippen LogP contribution in [0.1, 0.15) is 73.6 Å². The van der Waals surface area contributed by atoms with Crippen molar-refractivity contribution in [1.29, 1.82) is 0 Å². The van der Waals surface area contributed by atoms with Crippen LogP contribution < -0.4 is 0 Å². The molecule has 4 nitrogen and oxygen atoms in total. The molecule has 31 heavy (non-hydrogen) atoms. The maximum atomic E-state index is 7.09. The van der Waals surface area contributed by atoms with Gasteiger partial charge >= 0.3 is 0 Å². The van der Waals surface area contributed by atoms with E-state index in [-0.39, 0.29) is 34.5 Å². The highest BCUT2D eigenvalue weighted by Crippen LogP contribution is 2.49. The zero-order valence-electron chi connectivity index (χ0n) is 21.4. The van der Waals surface area contributed by atoms with Gasteiger partial charge in [-0.1, -0.05) is 63.9 Å². The number of rotatable bonds is 4. The zero-order chi connectivity index (χ0) is 23.5. The minimum Gasteiger partial charge on any atom is -0.408 e. The van der Waals surface area contributed by atoms with Crippen molar-refractivity contribution in [2.24, 2.45) is 0 Å². The standard InChI is InChI=1S/C24H45BrO4Si2/c1-22(2,3)30(7,8)28-19-17(25)16-18-20(21(19)29-31(9,10)23(4,5)6)27-24(26-18)14-12-11-13-15-24/h16,18-21H,11-15H2,1-10H3/t18-,19-,20-,21-/m1/s1. The summed E-state index contributed by atoms with van der Waals surface area (Å²) in [6.07, 6.45) is 7.23. The molecule has 0 aromatic carbocycles. The summed E-state index contributed by atoms with van der Waals surface area (Å²) in [4.78, 5) is 0. The third-order valence-electron chi connectivity index (χ3n) is 8.32. The van der Waals surface area contributed by atoms with Crippen molar-refractivity contribution in [1.82, 2.24) is 0 Å². The number of halogens is 1. The number of hydrogen-bond acceptors (Lipinski definition) is 4. The Morgan fingerprint density at radius 3 is 1.90 bits per heavy atom. The predicted octanol–water partition coefficient (Wildman–Crippen LogP) is 7.50. The van der Waals surface area contributed by atoms with Gasteiger partial charge in [0.2, 0.25) is 0 Å². The van der Waals surface area contributed by atoms with Gasteiger partial charge < -0.3 is 18.3 Å². The van der Waals surface area contributed by atoms with Crippen molar-refractivity contribution in [3.63, 3.8) is 0 Å². The minimum absolute atomic E-state index is 0.0819. The third kappa shape index (κ3) is 5.28. The Hall–Kier alpha value is 0.494. The largest absolute Gasteiger partial charge is 0.408 e. The van der Waals surface area contributed by atoms with Gasteiger partial charge in [0, 0.05) is 17.3 Å². The summed E-state index contributed by atoms with van der Waals surface area (Å²) in [5.41, 5.74) is 0. The lowest BCUT2D eigenvalue weighted by Crippen LogP contribution is -2.58. The Labute approximate surface area is 201 Å². The van der Waals surface area contributed by atoms with Gasteiger partial charge in [-0.3, -0.25) is 0 Å². The van der Waals surface area contributed by atoms with E-state index in [9.17, 15) is 0 Å². The van der Waals surface area contributed by atoms with Crippen LogP contribution in [-0.4, -0.2) is 46.8 Å². The minimum atomic E-state index is -2.05. The molecule has 3 aliphatic rings. The molecule has 0 amide bonds. The molecule has 2 aliphatic carbocycles. The first-order valence-corrected chi connectivity index (χ1v) is 18.7. The summed E-state index contributed by atoms with van der Waals surface area (Å²) in [6.45, 7) is 23.0. The Morgan fingerprint density at radius 1 is 0.871 bits per heavy atom.